The third-order valence-electron chi connectivity index (χ3n) is 8.60. The highest BCUT2D eigenvalue weighted by molar-refractivity contribution is 5.75. The van der Waals surface area contributed by atoms with Crippen molar-refractivity contribution in [2.24, 2.45) is 35.5 Å². The Kier molecular flexibility index (Phi) is 8.43. The molecule has 3 aliphatic carbocycles. The second-order valence-corrected chi connectivity index (χ2v) is 10.5. The third-order valence-corrected chi connectivity index (χ3v) is 8.60. The molecule has 33 heavy (non-hydrogen) atoms. The quantitative estimate of drug-likeness (QED) is 0.226. The number of hydrogen-bond acceptors (Lipinski definition) is 3. The maximum Gasteiger partial charge on any atom is 0.387 e. The second kappa shape index (κ2) is 11.5. The molecule has 0 radical (unpaired) electrons. The van der Waals surface area contributed by atoms with Gasteiger partial charge in [-0.05, 0) is 105 Å². The van der Waals surface area contributed by atoms with Crippen molar-refractivity contribution in [1.29, 1.82) is 0 Å². The number of fused-ring (bicyclic) bond motifs is 1. The number of rotatable bonds is 8. The lowest BCUT2D eigenvalue weighted by Crippen LogP contribution is -2.40. The second-order valence-electron chi connectivity index (χ2n) is 10.5. The molecule has 0 bridgehead atoms. The average molecular weight is 461 g/mol. The van der Waals surface area contributed by atoms with Gasteiger partial charge in [0, 0.05) is 0 Å². The van der Waals surface area contributed by atoms with Crippen molar-refractivity contribution in [1.82, 2.24) is 0 Å². The van der Waals surface area contributed by atoms with Crippen molar-refractivity contribution in [2.45, 2.75) is 83.7 Å². The van der Waals surface area contributed by atoms with Crippen molar-refractivity contribution in [3.8, 4) is 11.5 Å². The summed E-state index contributed by atoms with van der Waals surface area (Å²) in [5, 5.41) is 0. The van der Waals surface area contributed by atoms with Crippen LogP contribution in [-0.2, 0) is 4.79 Å². The van der Waals surface area contributed by atoms with Crippen LogP contribution in [0.4, 0.5) is 8.78 Å². The summed E-state index contributed by atoms with van der Waals surface area (Å²) in [5.41, 5.74) is 0. The minimum Gasteiger partial charge on any atom is -0.435 e. The molecule has 0 spiro atoms. The van der Waals surface area contributed by atoms with Crippen molar-refractivity contribution in [3.63, 3.8) is 0 Å². The Balaban J connectivity index is 1.28. The van der Waals surface area contributed by atoms with E-state index in [4.69, 9.17) is 4.74 Å². The highest BCUT2D eigenvalue weighted by Gasteiger charge is 2.43. The monoisotopic (exact) mass is 460 g/mol. The van der Waals surface area contributed by atoms with Gasteiger partial charge in [0.25, 0.3) is 0 Å². The summed E-state index contributed by atoms with van der Waals surface area (Å²) in [4.78, 5) is 13.0. The van der Waals surface area contributed by atoms with E-state index in [0.717, 1.165) is 43.4 Å². The van der Waals surface area contributed by atoms with Crippen LogP contribution in [0.5, 0.6) is 11.5 Å². The molecule has 3 saturated carbocycles. The van der Waals surface area contributed by atoms with Crippen LogP contribution in [0.1, 0.15) is 77.0 Å². The molecule has 0 aliphatic heterocycles. The van der Waals surface area contributed by atoms with Gasteiger partial charge in [-0.3, -0.25) is 4.79 Å². The number of alkyl halides is 2. The topological polar surface area (TPSA) is 35.5 Å². The zero-order chi connectivity index (χ0) is 23.2. The van der Waals surface area contributed by atoms with E-state index in [9.17, 15) is 13.6 Å². The Morgan fingerprint density at radius 2 is 1.64 bits per heavy atom. The zero-order valence-corrected chi connectivity index (χ0v) is 19.6. The fourth-order valence-electron chi connectivity index (χ4n) is 6.90. The van der Waals surface area contributed by atoms with E-state index in [2.05, 4.69) is 17.4 Å². The van der Waals surface area contributed by atoms with E-state index in [-0.39, 0.29) is 17.6 Å². The van der Waals surface area contributed by atoms with Gasteiger partial charge in [-0.15, -0.1) is 6.58 Å². The van der Waals surface area contributed by atoms with Crippen LogP contribution >= 0.6 is 0 Å². The smallest absolute Gasteiger partial charge is 0.387 e. The lowest BCUT2D eigenvalue weighted by molar-refractivity contribution is -0.144. The molecule has 1 aromatic rings. The number of esters is 1. The lowest BCUT2D eigenvalue weighted by atomic mass is 9.59. The number of benzene rings is 1. The highest BCUT2D eigenvalue weighted by atomic mass is 19.3. The van der Waals surface area contributed by atoms with Gasteiger partial charge in [0.15, 0.2) is 0 Å². The summed E-state index contributed by atoms with van der Waals surface area (Å²) < 4.78 is 34.7. The molecule has 1 aromatic carbocycles. The van der Waals surface area contributed by atoms with E-state index in [1.165, 1.54) is 75.6 Å². The number of hydrogen-bond donors (Lipinski definition) is 0. The van der Waals surface area contributed by atoms with Crippen LogP contribution in [0.25, 0.3) is 0 Å². The first-order valence-electron chi connectivity index (χ1n) is 12.9. The van der Waals surface area contributed by atoms with Crippen LogP contribution in [0.15, 0.2) is 36.9 Å². The van der Waals surface area contributed by atoms with Gasteiger partial charge in [-0.2, -0.15) is 8.78 Å². The van der Waals surface area contributed by atoms with Crippen molar-refractivity contribution in [2.75, 3.05) is 0 Å². The third kappa shape index (κ3) is 6.36. The lowest BCUT2D eigenvalue weighted by Gasteiger charge is -2.46. The fourth-order valence-corrected chi connectivity index (χ4v) is 6.90. The molecule has 182 valence electrons. The van der Waals surface area contributed by atoms with E-state index < -0.39 is 6.61 Å². The SMILES string of the molecule is C=CCCC1CCC(C2CCC3C(CCCC3C(=O)Oc3ccc(OC(F)F)cc3)C2)CC1. The van der Waals surface area contributed by atoms with Gasteiger partial charge in [0.1, 0.15) is 11.5 Å². The Bertz CT molecular complexity index is 770. The predicted molar refractivity (Wildman–Crippen MR) is 125 cm³/mol. The first kappa shape index (κ1) is 24.2. The first-order valence-corrected chi connectivity index (χ1v) is 12.9. The van der Waals surface area contributed by atoms with Gasteiger partial charge < -0.3 is 9.47 Å². The maximum atomic E-state index is 13.0. The van der Waals surface area contributed by atoms with Crippen molar-refractivity contribution in [3.05, 3.63) is 36.9 Å². The molecule has 4 atom stereocenters. The van der Waals surface area contributed by atoms with Crippen molar-refractivity contribution >= 4 is 5.97 Å². The molecule has 4 unspecified atom stereocenters. The fraction of sp³-hybridized carbons (Fsp3) is 0.679. The predicted octanol–water partition coefficient (Wildman–Crippen LogP) is 7.80. The summed E-state index contributed by atoms with van der Waals surface area (Å²) in [6.45, 7) is 1.00. The number of halogens is 2. The molecule has 0 amide bonds. The Morgan fingerprint density at radius 1 is 0.939 bits per heavy atom. The highest BCUT2D eigenvalue weighted by Crippen LogP contribution is 2.50. The molecule has 0 aromatic heterocycles. The molecule has 0 N–H and O–H groups in total. The minimum absolute atomic E-state index is 0.0451. The normalized spacial score (nSPS) is 32.1. The van der Waals surface area contributed by atoms with Gasteiger partial charge in [-0.1, -0.05) is 31.8 Å². The largest absolute Gasteiger partial charge is 0.435 e. The van der Waals surface area contributed by atoms with E-state index in [1.54, 1.807) is 0 Å². The average Bonchev–Trinajstić information content (AvgIpc) is 2.83. The van der Waals surface area contributed by atoms with Gasteiger partial charge in [0.05, 0.1) is 5.92 Å². The number of ether oxygens (including phenoxy) is 2. The van der Waals surface area contributed by atoms with Crippen LogP contribution in [-0.4, -0.2) is 12.6 Å². The molecule has 3 fully saturated rings. The molecular weight excluding hydrogens is 422 g/mol. The minimum atomic E-state index is -2.86. The molecule has 3 aliphatic rings. The summed E-state index contributed by atoms with van der Waals surface area (Å²) in [5.74, 6) is 3.89. The molecule has 5 heteroatoms. The number of carbonyl (C=O) groups is 1. The van der Waals surface area contributed by atoms with Gasteiger partial charge in [-0.25, -0.2) is 0 Å². The molecular formula is C28H38F2O3. The summed E-state index contributed by atoms with van der Waals surface area (Å²) in [6.07, 6.45) is 16.9. The first-order chi connectivity index (χ1) is 16.0. The van der Waals surface area contributed by atoms with Gasteiger partial charge in [0.2, 0.25) is 0 Å². The maximum absolute atomic E-state index is 13.0. The Hall–Kier alpha value is -1.91. The van der Waals surface area contributed by atoms with Crippen LogP contribution in [0.2, 0.25) is 0 Å². The summed E-state index contributed by atoms with van der Waals surface area (Å²) in [6, 6.07) is 5.88. The molecule has 4 rings (SSSR count). The van der Waals surface area contributed by atoms with E-state index in [1.807, 2.05) is 0 Å². The zero-order valence-electron chi connectivity index (χ0n) is 19.6. The molecule has 0 heterocycles. The molecule has 3 nitrogen and oxygen atoms in total. The summed E-state index contributed by atoms with van der Waals surface area (Å²) in [7, 11) is 0. The van der Waals surface area contributed by atoms with Crippen LogP contribution in [0, 0.1) is 35.5 Å². The standard InChI is InChI=1S/C28H38F2O3/c1-2-3-5-19-8-10-20(11-9-19)21-12-17-25-22(18-21)6-4-7-26(25)27(31)32-23-13-15-24(16-14-23)33-28(29)30/h2,13-16,19-22,25-26,28H,1,3-12,17-18H2. The summed E-state index contributed by atoms with van der Waals surface area (Å²) >= 11 is 0. The van der Waals surface area contributed by atoms with Crippen molar-refractivity contribution < 1.29 is 23.0 Å². The van der Waals surface area contributed by atoms with E-state index in [0.29, 0.717) is 17.6 Å². The van der Waals surface area contributed by atoms with E-state index >= 15 is 0 Å². The van der Waals surface area contributed by atoms with Gasteiger partial charge >= 0.3 is 12.6 Å². The van der Waals surface area contributed by atoms with Crippen LogP contribution in [0.3, 0.4) is 0 Å². The Labute approximate surface area is 196 Å². The number of carbonyl (C=O) groups excluding carboxylic acids is 1. The number of allylic oxidation sites excluding steroid dienone is 1. The molecule has 0 saturated heterocycles. The Morgan fingerprint density at radius 3 is 2.33 bits per heavy atom. The van der Waals surface area contributed by atoms with Crippen LogP contribution < -0.4 is 9.47 Å².